The number of thiazole rings is 1. The van der Waals surface area contributed by atoms with Crippen molar-refractivity contribution in [3.8, 4) is 22.7 Å². The molecule has 0 saturated heterocycles. The lowest BCUT2D eigenvalue weighted by atomic mass is 10.2. The first-order valence-corrected chi connectivity index (χ1v) is 10.2. The van der Waals surface area contributed by atoms with Crippen LogP contribution in [0.15, 0.2) is 69.9 Å². The predicted molar refractivity (Wildman–Crippen MR) is 116 cm³/mol. The zero-order chi connectivity index (χ0) is 20.0. The van der Waals surface area contributed by atoms with Crippen molar-refractivity contribution in [3.05, 3.63) is 91.4 Å². The molecule has 0 aliphatic heterocycles. The van der Waals surface area contributed by atoms with Gasteiger partial charge in [0, 0.05) is 17.2 Å². The number of benzene rings is 2. The summed E-state index contributed by atoms with van der Waals surface area (Å²) in [6, 6.07) is 18.4. The van der Waals surface area contributed by atoms with Crippen LogP contribution < -0.4 is 10.1 Å². The van der Waals surface area contributed by atoms with Crippen molar-refractivity contribution in [2.75, 3.05) is 0 Å². The van der Waals surface area contributed by atoms with E-state index >= 15 is 0 Å². The summed E-state index contributed by atoms with van der Waals surface area (Å²) in [7, 11) is 0. The van der Waals surface area contributed by atoms with E-state index in [0.29, 0.717) is 42.4 Å². The van der Waals surface area contributed by atoms with E-state index in [9.17, 15) is 4.79 Å². The summed E-state index contributed by atoms with van der Waals surface area (Å²) in [6.07, 6.45) is 1.67. The quantitative estimate of drug-likeness (QED) is 0.399. The Balaban J connectivity index is 1.54. The van der Waals surface area contributed by atoms with Crippen molar-refractivity contribution < 1.29 is 4.42 Å². The maximum absolute atomic E-state index is 12.7. The third-order valence-electron chi connectivity index (χ3n) is 4.33. The number of fused-ring (bicyclic) bond motifs is 1. The fourth-order valence-electron chi connectivity index (χ4n) is 2.94. The molecule has 5 rings (SSSR count). The molecule has 0 radical (unpaired) electrons. The number of aromatic nitrogens is 3. The van der Waals surface area contributed by atoms with Crippen LogP contribution in [0, 0.1) is 0 Å². The lowest BCUT2D eigenvalue weighted by Crippen LogP contribution is -2.23. The molecule has 0 saturated carbocycles. The van der Waals surface area contributed by atoms with E-state index in [0.717, 1.165) is 5.56 Å². The Kier molecular flexibility index (Phi) is 4.47. The molecule has 5 nitrogen and oxygen atoms in total. The highest BCUT2D eigenvalue weighted by Gasteiger charge is 2.13. The Morgan fingerprint density at radius 2 is 1.83 bits per heavy atom. The molecule has 142 valence electrons. The lowest BCUT2D eigenvalue weighted by Gasteiger charge is -2.01. The van der Waals surface area contributed by atoms with Crippen LogP contribution in [0.25, 0.3) is 33.7 Å². The molecule has 0 amide bonds. The summed E-state index contributed by atoms with van der Waals surface area (Å²) in [5.74, 6) is 1.62. The number of hydrogen-bond donors (Lipinski definition) is 0. The van der Waals surface area contributed by atoms with Gasteiger partial charge in [-0.1, -0.05) is 70.9 Å². The third kappa shape index (κ3) is 3.25. The smallest absolute Gasteiger partial charge is 0.291 e. The molecule has 0 bridgehead atoms. The van der Waals surface area contributed by atoms with Crippen LogP contribution in [0.2, 0.25) is 10.0 Å². The standard InChI is InChI=1S/C21H11Cl2N3O2S/c22-15-8-4-7-14(18(15)23)16-10-9-13(28-16)11-17-20(27)26-21(29-17)24-19(25-26)12-5-2-1-3-6-12/h1-11H/b17-11-. The van der Waals surface area contributed by atoms with Gasteiger partial charge in [0.05, 0.1) is 10.0 Å². The molecular weight excluding hydrogens is 429 g/mol. The number of rotatable bonds is 3. The highest BCUT2D eigenvalue weighted by molar-refractivity contribution is 7.15. The van der Waals surface area contributed by atoms with Crippen LogP contribution in [0.1, 0.15) is 5.76 Å². The molecule has 0 aliphatic rings. The lowest BCUT2D eigenvalue weighted by molar-refractivity contribution is 0.571. The first-order valence-electron chi connectivity index (χ1n) is 8.61. The SMILES string of the molecule is O=c1/c(=C/c2ccc(-c3cccc(Cl)c3Cl)o2)sc2nc(-c3ccccc3)nn12. The monoisotopic (exact) mass is 439 g/mol. The van der Waals surface area contributed by atoms with Crippen LogP contribution in [0.4, 0.5) is 0 Å². The normalized spacial score (nSPS) is 12.1. The second kappa shape index (κ2) is 7.15. The maximum atomic E-state index is 12.7. The van der Waals surface area contributed by atoms with Crippen molar-refractivity contribution in [2.24, 2.45) is 0 Å². The van der Waals surface area contributed by atoms with E-state index in [1.54, 1.807) is 30.3 Å². The van der Waals surface area contributed by atoms with E-state index in [1.807, 2.05) is 36.4 Å². The average molecular weight is 440 g/mol. The van der Waals surface area contributed by atoms with Crippen molar-refractivity contribution in [3.63, 3.8) is 0 Å². The van der Waals surface area contributed by atoms with E-state index in [1.165, 1.54) is 15.9 Å². The summed E-state index contributed by atoms with van der Waals surface area (Å²) in [4.78, 5) is 17.7. The number of furan rings is 1. The minimum absolute atomic E-state index is 0.238. The Morgan fingerprint density at radius 1 is 1.00 bits per heavy atom. The highest BCUT2D eigenvalue weighted by atomic mass is 35.5. The minimum Gasteiger partial charge on any atom is -0.457 e. The minimum atomic E-state index is -0.238. The average Bonchev–Trinajstić information content (AvgIpc) is 3.43. The molecule has 0 fully saturated rings. The summed E-state index contributed by atoms with van der Waals surface area (Å²) in [5, 5.41) is 5.21. The number of nitrogens with zero attached hydrogens (tertiary/aromatic N) is 3. The first kappa shape index (κ1) is 18.1. The first-order chi connectivity index (χ1) is 14.1. The number of hydrogen-bond acceptors (Lipinski definition) is 5. The van der Waals surface area contributed by atoms with E-state index in [2.05, 4.69) is 10.1 Å². The fourth-order valence-corrected chi connectivity index (χ4v) is 4.22. The maximum Gasteiger partial charge on any atom is 0.291 e. The van der Waals surface area contributed by atoms with Crippen LogP contribution in [0.3, 0.4) is 0 Å². The molecule has 0 atom stereocenters. The van der Waals surface area contributed by atoms with Gasteiger partial charge in [-0.05, 0) is 24.3 Å². The Hall–Kier alpha value is -2.93. The summed E-state index contributed by atoms with van der Waals surface area (Å²) in [6.45, 7) is 0. The molecule has 8 heteroatoms. The topological polar surface area (TPSA) is 60.4 Å². The van der Waals surface area contributed by atoms with Gasteiger partial charge in [0.15, 0.2) is 5.82 Å². The van der Waals surface area contributed by atoms with Gasteiger partial charge in [-0.25, -0.2) is 0 Å². The van der Waals surface area contributed by atoms with Crippen molar-refractivity contribution >= 4 is 45.6 Å². The van der Waals surface area contributed by atoms with Crippen LogP contribution >= 0.6 is 34.5 Å². The van der Waals surface area contributed by atoms with Crippen molar-refractivity contribution in [2.45, 2.75) is 0 Å². The van der Waals surface area contributed by atoms with E-state index < -0.39 is 0 Å². The van der Waals surface area contributed by atoms with E-state index in [4.69, 9.17) is 27.6 Å². The van der Waals surface area contributed by atoms with Crippen LogP contribution in [0.5, 0.6) is 0 Å². The molecule has 29 heavy (non-hydrogen) atoms. The molecule has 0 aliphatic carbocycles. The van der Waals surface area contributed by atoms with Crippen molar-refractivity contribution in [1.82, 2.24) is 14.6 Å². The van der Waals surface area contributed by atoms with Crippen LogP contribution in [-0.4, -0.2) is 14.6 Å². The predicted octanol–water partition coefficient (Wildman–Crippen LogP) is 4.93. The number of halogens is 2. The second-order valence-corrected chi connectivity index (χ2v) is 8.01. The van der Waals surface area contributed by atoms with Gasteiger partial charge in [0.1, 0.15) is 16.1 Å². The zero-order valence-electron chi connectivity index (χ0n) is 14.7. The third-order valence-corrected chi connectivity index (χ3v) is 6.11. The summed E-state index contributed by atoms with van der Waals surface area (Å²) >= 11 is 13.6. The Labute approximate surface area is 178 Å². The van der Waals surface area contributed by atoms with Gasteiger partial charge in [-0.15, -0.1) is 5.10 Å². The van der Waals surface area contributed by atoms with E-state index in [-0.39, 0.29) is 5.56 Å². The molecule has 3 aromatic heterocycles. The second-order valence-electron chi connectivity index (χ2n) is 6.22. The molecular formula is C21H11Cl2N3O2S. The summed E-state index contributed by atoms with van der Waals surface area (Å²) in [5.41, 5.74) is 1.32. The molecule has 2 aromatic carbocycles. The van der Waals surface area contributed by atoms with Gasteiger partial charge < -0.3 is 4.42 Å². The molecule has 0 N–H and O–H groups in total. The van der Waals surface area contributed by atoms with Gasteiger partial charge in [-0.3, -0.25) is 4.79 Å². The summed E-state index contributed by atoms with van der Waals surface area (Å²) < 4.78 is 7.65. The Bertz CT molecular complexity index is 1450. The zero-order valence-corrected chi connectivity index (χ0v) is 17.0. The van der Waals surface area contributed by atoms with Crippen LogP contribution in [-0.2, 0) is 0 Å². The largest absolute Gasteiger partial charge is 0.457 e. The van der Waals surface area contributed by atoms with Gasteiger partial charge in [-0.2, -0.15) is 9.50 Å². The Morgan fingerprint density at radius 3 is 2.62 bits per heavy atom. The molecule has 0 spiro atoms. The van der Waals surface area contributed by atoms with Crippen molar-refractivity contribution in [1.29, 1.82) is 0 Å². The molecule has 5 aromatic rings. The van der Waals surface area contributed by atoms with Gasteiger partial charge >= 0.3 is 0 Å². The molecule has 3 heterocycles. The fraction of sp³-hybridized carbons (Fsp3) is 0. The van der Waals surface area contributed by atoms with Gasteiger partial charge in [0.25, 0.3) is 5.56 Å². The molecule has 0 unspecified atom stereocenters. The highest BCUT2D eigenvalue weighted by Crippen LogP contribution is 2.34. The van der Waals surface area contributed by atoms with Gasteiger partial charge in [0.2, 0.25) is 4.96 Å².